The van der Waals surface area contributed by atoms with Crippen molar-refractivity contribution in [2.45, 2.75) is 25.2 Å². The van der Waals surface area contributed by atoms with Gasteiger partial charge in [0, 0.05) is 25.2 Å². The van der Waals surface area contributed by atoms with Crippen LogP contribution >= 0.6 is 0 Å². The largest absolute Gasteiger partial charge is 0.490 e. The molecule has 0 fully saturated rings. The van der Waals surface area contributed by atoms with Gasteiger partial charge in [-0.1, -0.05) is 12.1 Å². The number of carbonyl (C=O) groups is 1. The highest BCUT2D eigenvalue weighted by molar-refractivity contribution is 7.89. The van der Waals surface area contributed by atoms with Crippen molar-refractivity contribution in [2.75, 3.05) is 32.1 Å². The Labute approximate surface area is 165 Å². The summed E-state index contributed by atoms with van der Waals surface area (Å²) in [7, 11) is -2.48. The van der Waals surface area contributed by atoms with Crippen LogP contribution in [0.1, 0.15) is 17.5 Å². The van der Waals surface area contributed by atoms with E-state index < -0.39 is 15.9 Å². The van der Waals surface area contributed by atoms with E-state index in [0.717, 1.165) is 21.9 Å². The number of nitrogens with one attached hydrogen (secondary N) is 1. The van der Waals surface area contributed by atoms with Gasteiger partial charge in [0.25, 0.3) is 0 Å². The van der Waals surface area contributed by atoms with Crippen molar-refractivity contribution in [3.8, 4) is 11.5 Å². The summed E-state index contributed by atoms with van der Waals surface area (Å²) in [5, 5.41) is 2.77. The fourth-order valence-corrected chi connectivity index (χ4v) is 3.99. The summed E-state index contributed by atoms with van der Waals surface area (Å²) in [4.78, 5) is 12.4. The van der Waals surface area contributed by atoms with Gasteiger partial charge in [0.2, 0.25) is 15.9 Å². The first-order chi connectivity index (χ1) is 13.3. The summed E-state index contributed by atoms with van der Waals surface area (Å²) in [6.07, 6.45) is 0.731. The van der Waals surface area contributed by atoms with Gasteiger partial charge in [-0.15, -0.1) is 0 Å². The first-order valence-corrected chi connectivity index (χ1v) is 10.4. The molecule has 2 aromatic carbocycles. The molecule has 0 radical (unpaired) electrons. The van der Waals surface area contributed by atoms with Gasteiger partial charge in [-0.2, -0.15) is 4.31 Å². The fraction of sp³-hybridized carbons (Fsp3) is 0.350. The maximum absolute atomic E-state index is 12.9. The quantitative estimate of drug-likeness (QED) is 0.828. The Morgan fingerprint density at radius 1 is 1.11 bits per heavy atom. The zero-order valence-corrected chi connectivity index (χ0v) is 17.0. The lowest BCUT2D eigenvalue weighted by Crippen LogP contribution is -2.35. The Morgan fingerprint density at radius 2 is 1.82 bits per heavy atom. The molecule has 0 spiro atoms. The summed E-state index contributed by atoms with van der Waals surface area (Å²) in [6, 6.07) is 10.1. The number of amides is 1. The van der Waals surface area contributed by atoms with E-state index in [-0.39, 0.29) is 11.4 Å². The lowest BCUT2D eigenvalue weighted by Gasteiger charge is -2.18. The second-order valence-corrected chi connectivity index (χ2v) is 8.76. The van der Waals surface area contributed by atoms with Gasteiger partial charge in [-0.05, 0) is 43.2 Å². The van der Waals surface area contributed by atoms with Gasteiger partial charge < -0.3 is 14.8 Å². The molecule has 7 nitrogen and oxygen atoms in total. The first-order valence-electron chi connectivity index (χ1n) is 9.01. The molecule has 0 unspecified atom stereocenters. The minimum Gasteiger partial charge on any atom is -0.490 e. The van der Waals surface area contributed by atoms with Gasteiger partial charge in [-0.25, -0.2) is 8.42 Å². The third kappa shape index (κ3) is 4.28. The van der Waals surface area contributed by atoms with Crippen LogP contribution in [0.3, 0.4) is 0 Å². The molecule has 3 rings (SSSR count). The van der Waals surface area contributed by atoms with Gasteiger partial charge in [0.15, 0.2) is 11.5 Å². The third-order valence-electron chi connectivity index (χ3n) is 4.67. The molecule has 0 saturated heterocycles. The van der Waals surface area contributed by atoms with Crippen molar-refractivity contribution in [3.63, 3.8) is 0 Å². The molecular weight excluding hydrogens is 380 g/mol. The van der Waals surface area contributed by atoms with E-state index >= 15 is 0 Å². The van der Waals surface area contributed by atoms with E-state index in [4.69, 9.17) is 9.47 Å². The number of nitrogens with zero attached hydrogens (tertiary/aromatic N) is 1. The molecule has 8 heteroatoms. The molecule has 0 saturated carbocycles. The van der Waals surface area contributed by atoms with Crippen LogP contribution < -0.4 is 14.8 Å². The number of rotatable bonds is 5. The molecule has 0 aliphatic carbocycles. The molecule has 150 valence electrons. The zero-order chi connectivity index (χ0) is 20.3. The lowest BCUT2D eigenvalue weighted by molar-refractivity contribution is -0.116. The van der Waals surface area contributed by atoms with Crippen LogP contribution in [0.4, 0.5) is 5.69 Å². The van der Waals surface area contributed by atoms with Crippen molar-refractivity contribution in [1.82, 2.24) is 4.31 Å². The first kappa shape index (κ1) is 20.2. The van der Waals surface area contributed by atoms with Crippen molar-refractivity contribution < 1.29 is 22.7 Å². The Balaban J connectivity index is 1.74. The summed E-state index contributed by atoms with van der Waals surface area (Å²) >= 11 is 0. The normalized spacial score (nSPS) is 13.9. The van der Waals surface area contributed by atoms with Crippen LogP contribution in [0.5, 0.6) is 11.5 Å². The Bertz CT molecular complexity index is 988. The zero-order valence-electron chi connectivity index (χ0n) is 16.2. The number of carbonyl (C=O) groups excluding carboxylic acids is 1. The molecule has 1 N–H and O–H groups in total. The standard InChI is InChI=1S/C20H24N2O5S/c1-14-6-4-7-17(15(14)2)21-20(23)13-22(3)28(24,25)16-8-9-18-19(12-16)27-11-5-10-26-18/h4,6-9,12H,5,10-11,13H2,1-3H3,(H,21,23). The Hall–Kier alpha value is -2.58. The van der Waals surface area contributed by atoms with Crippen molar-refractivity contribution in [1.29, 1.82) is 0 Å². The molecular formula is C20H24N2O5S. The lowest BCUT2D eigenvalue weighted by atomic mass is 10.1. The Morgan fingerprint density at radius 3 is 2.57 bits per heavy atom. The minimum atomic E-state index is -3.85. The van der Waals surface area contributed by atoms with E-state index in [1.165, 1.54) is 19.2 Å². The van der Waals surface area contributed by atoms with Crippen molar-refractivity contribution in [2.24, 2.45) is 0 Å². The number of anilines is 1. The maximum Gasteiger partial charge on any atom is 0.243 e. The van der Waals surface area contributed by atoms with E-state index in [1.807, 2.05) is 26.0 Å². The summed E-state index contributed by atoms with van der Waals surface area (Å²) < 4.78 is 37.8. The third-order valence-corrected chi connectivity index (χ3v) is 6.47. The maximum atomic E-state index is 12.9. The second-order valence-electron chi connectivity index (χ2n) is 6.72. The van der Waals surface area contributed by atoms with Crippen LogP contribution in [0.2, 0.25) is 0 Å². The second kappa shape index (κ2) is 8.20. The molecule has 1 heterocycles. The van der Waals surface area contributed by atoms with Gasteiger partial charge in [-0.3, -0.25) is 4.79 Å². The summed E-state index contributed by atoms with van der Waals surface area (Å²) in [6.45, 7) is 4.54. The van der Waals surface area contributed by atoms with Gasteiger partial charge in [0.05, 0.1) is 24.7 Å². The highest BCUT2D eigenvalue weighted by atomic mass is 32.2. The molecule has 2 aromatic rings. The number of fused-ring (bicyclic) bond motifs is 1. The highest BCUT2D eigenvalue weighted by Gasteiger charge is 2.25. The predicted octanol–water partition coefficient (Wildman–Crippen LogP) is 2.72. The van der Waals surface area contributed by atoms with E-state index in [1.54, 1.807) is 12.1 Å². The van der Waals surface area contributed by atoms with Crippen LogP contribution in [0, 0.1) is 13.8 Å². The number of ether oxygens (including phenoxy) is 2. The van der Waals surface area contributed by atoms with Crippen LogP contribution in [-0.2, 0) is 14.8 Å². The van der Waals surface area contributed by atoms with Crippen LogP contribution in [0.15, 0.2) is 41.3 Å². The average Bonchev–Trinajstić information content (AvgIpc) is 2.90. The van der Waals surface area contributed by atoms with E-state index in [2.05, 4.69) is 5.32 Å². The predicted molar refractivity (Wildman–Crippen MR) is 106 cm³/mol. The van der Waals surface area contributed by atoms with Gasteiger partial charge >= 0.3 is 0 Å². The smallest absolute Gasteiger partial charge is 0.243 e. The molecule has 0 bridgehead atoms. The molecule has 0 atom stereocenters. The number of sulfonamides is 1. The molecule has 1 aliphatic heterocycles. The van der Waals surface area contributed by atoms with E-state index in [0.29, 0.717) is 30.4 Å². The minimum absolute atomic E-state index is 0.0544. The summed E-state index contributed by atoms with van der Waals surface area (Å²) in [5.41, 5.74) is 2.67. The SMILES string of the molecule is Cc1cccc(NC(=O)CN(C)S(=O)(=O)c2ccc3c(c2)OCCCO3)c1C. The van der Waals surface area contributed by atoms with Crippen LogP contribution in [0.25, 0.3) is 0 Å². The molecule has 0 aromatic heterocycles. The molecule has 1 amide bonds. The fourth-order valence-electron chi connectivity index (χ4n) is 2.85. The number of aryl methyl sites for hydroxylation is 1. The number of benzene rings is 2. The number of hydrogen-bond acceptors (Lipinski definition) is 5. The van der Waals surface area contributed by atoms with Gasteiger partial charge in [0.1, 0.15) is 0 Å². The van der Waals surface area contributed by atoms with Crippen molar-refractivity contribution >= 4 is 21.6 Å². The van der Waals surface area contributed by atoms with Crippen LogP contribution in [-0.4, -0.2) is 45.4 Å². The van der Waals surface area contributed by atoms with Crippen molar-refractivity contribution in [3.05, 3.63) is 47.5 Å². The molecule has 28 heavy (non-hydrogen) atoms. The van der Waals surface area contributed by atoms with E-state index in [9.17, 15) is 13.2 Å². The average molecular weight is 404 g/mol. The number of hydrogen-bond donors (Lipinski definition) is 1. The Kier molecular flexibility index (Phi) is 5.90. The monoisotopic (exact) mass is 404 g/mol. The summed E-state index contributed by atoms with van der Waals surface area (Å²) in [5.74, 6) is 0.507. The number of likely N-dealkylation sites (N-methyl/N-ethyl adjacent to an activating group) is 1. The highest BCUT2D eigenvalue weighted by Crippen LogP contribution is 2.32. The molecule has 1 aliphatic rings. The topological polar surface area (TPSA) is 84.9 Å².